The lowest BCUT2D eigenvalue weighted by molar-refractivity contribution is 0.287. The van der Waals surface area contributed by atoms with Gasteiger partial charge in [0.2, 0.25) is 5.88 Å². The molecule has 1 aromatic carbocycles. The molecule has 7 heteroatoms. The molecule has 1 fully saturated rings. The zero-order valence-electron chi connectivity index (χ0n) is 13.2. The highest BCUT2D eigenvalue weighted by Gasteiger charge is 2.20. The molecule has 1 N–H and O–H groups in total. The third-order valence-electron chi connectivity index (χ3n) is 3.86. The molecular weight excluding hydrogens is 336 g/mol. The number of rotatable bonds is 4. The van der Waals surface area contributed by atoms with Crippen LogP contribution in [0.25, 0.3) is 0 Å². The molecule has 2 heterocycles. The summed E-state index contributed by atoms with van der Waals surface area (Å²) in [5.41, 5.74) is 0.364. The van der Waals surface area contributed by atoms with Gasteiger partial charge in [-0.2, -0.15) is 4.98 Å². The second kappa shape index (κ2) is 7.32. The molecule has 0 aliphatic carbocycles. The minimum absolute atomic E-state index is 0.000959. The van der Waals surface area contributed by atoms with Crippen molar-refractivity contribution in [2.75, 3.05) is 24.5 Å². The molecule has 1 atom stereocenters. The number of halogens is 3. The van der Waals surface area contributed by atoms with E-state index in [1.165, 1.54) is 18.2 Å². The van der Waals surface area contributed by atoms with Crippen LogP contribution in [-0.2, 0) is 6.61 Å². The minimum Gasteiger partial charge on any atom is -0.473 e. The van der Waals surface area contributed by atoms with Crippen molar-refractivity contribution in [3.8, 4) is 5.88 Å². The van der Waals surface area contributed by atoms with Crippen LogP contribution < -0.4 is 15.0 Å². The van der Waals surface area contributed by atoms with Crippen molar-refractivity contribution in [1.82, 2.24) is 10.3 Å². The van der Waals surface area contributed by atoms with Crippen molar-refractivity contribution in [2.45, 2.75) is 19.6 Å². The molecule has 128 valence electrons. The topological polar surface area (TPSA) is 37.4 Å². The summed E-state index contributed by atoms with van der Waals surface area (Å²) in [7, 11) is 0. The van der Waals surface area contributed by atoms with Gasteiger partial charge in [-0.3, -0.25) is 0 Å². The number of piperazine rings is 1. The van der Waals surface area contributed by atoms with Crippen LogP contribution in [0.4, 0.5) is 14.6 Å². The Morgan fingerprint density at radius 1 is 1.29 bits per heavy atom. The quantitative estimate of drug-likeness (QED) is 0.914. The predicted molar refractivity (Wildman–Crippen MR) is 89.6 cm³/mol. The van der Waals surface area contributed by atoms with Gasteiger partial charge in [0.25, 0.3) is 0 Å². The van der Waals surface area contributed by atoms with E-state index >= 15 is 0 Å². The molecule has 0 spiro atoms. The summed E-state index contributed by atoms with van der Waals surface area (Å²) in [4.78, 5) is 6.13. The largest absolute Gasteiger partial charge is 0.473 e. The van der Waals surface area contributed by atoms with Gasteiger partial charge >= 0.3 is 0 Å². The normalized spacial score (nSPS) is 17.8. The van der Waals surface area contributed by atoms with E-state index in [2.05, 4.69) is 10.3 Å². The van der Waals surface area contributed by atoms with Crippen molar-refractivity contribution in [1.29, 1.82) is 0 Å². The standard InChI is InChI=1S/C17H18ClF2N3O/c1-11-9-23(7-6-21-11)17-14(19)4-5-16(22-17)24-10-12-2-3-13(18)8-15(12)20/h2-5,8,11,21H,6-7,9-10H2,1H3. The zero-order valence-corrected chi connectivity index (χ0v) is 14.0. The maximum atomic E-state index is 14.1. The Bertz CT molecular complexity index is 729. The third-order valence-corrected chi connectivity index (χ3v) is 4.10. The molecule has 0 saturated carbocycles. The van der Waals surface area contributed by atoms with Crippen LogP contribution in [0.3, 0.4) is 0 Å². The van der Waals surface area contributed by atoms with Gasteiger partial charge in [0.1, 0.15) is 12.4 Å². The lowest BCUT2D eigenvalue weighted by atomic mass is 10.2. The molecule has 1 saturated heterocycles. The van der Waals surface area contributed by atoms with E-state index in [0.717, 1.165) is 6.54 Å². The van der Waals surface area contributed by atoms with Gasteiger partial charge in [-0.15, -0.1) is 0 Å². The fraction of sp³-hybridized carbons (Fsp3) is 0.353. The first kappa shape index (κ1) is 16.9. The van der Waals surface area contributed by atoms with Crippen LogP contribution in [0.1, 0.15) is 12.5 Å². The van der Waals surface area contributed by atoms with Gasteiger partial charge in [-0.1, -0.05) is 17.7 Å². The lowest BCUT2D eigenvalue weighted by Gasteiger charge is -2.32. The molecule has 0 amide bonds. The van der Waals surface area contributed by atoms with Crippen molar-refractivity contribution in [3.63, 3.8) is 0 Å². The van der Waals surface area contributed by atoms with Crippen molar-refractivity contribution < 1.29 is 13.5 Å². The van der Waals surface area contributed by atoms with Gasteiger partial charge in [0.05, 0.1) is 0 Å². The average Bonchev–Trinajstić information content (AvgIpc) is 2.55. The van der Waals surface area contributed by atoms with E-state index in [4.69, 9.17) is 16.3 Å². The van der Waals surface area contributed by atoms with Gasteiger partial charge in [0.15, 0.2) is 11.6 Å². The molecule has 3 rings (SSSR count). The van der Waals surface area contributed by atoms with E-state index in [9.17, 15) is 8.78 Å². The molecule has 0 radical (unpaired) electrons. The second-order valence-electron chi connectivity index (χ2n) is 5.78. The maximum absolute atomic E-state index is 14.1. The summed E-state index contributed by atoms with van der Waals surface area (Å²) >= 11 is 5.72. The summed E-state index contributed by atoms with van der Waals surface area (Å²) in [6, 6.07) is 7.40. The van der Waals surface area contributed by atoms with Crippen LogP contribution in [0.2, 0.25) is 5.02 Å². The molecule has 4 nitrogen and oxygen atoms in total. The summed E-state index contributed by atoms with van der Waals surface area (Å²) in [6.07, 6.45) is 0. The van der Waals surface area contributed by atoms with E-state index in [1.54, 1.807) is 12.1 Å². The van der Waals surface area contributed by atoms with Gasteiger partial charge in [0, 0.05) is 42.3 Å². The summed E-state index contributed by atoms with van der Waals surface area (Å²) < 4.78 is 33.4. The summed E-state index contributed by atoms with van der Waals surface area (Å²) in [5, 5.41) is 3.62. The predicted octanol–water partition coefficient (Wildman–Crippen LogP) is 3.39. The minimum atomic E-state index is -0.444. The molecule has 1 aliphatic rings. The average molecular weight is 354 g/mol. The maximum Gasteiger partial charge on any atom is 0.215 e. The Kier molecular flexibility index (Phi) is 5.16. The smallest absolute Gasteiger partial charge is 0.215 e. The first-order valence-corrected chi connectivity index (χ1v) is 8.12. The Morgan fingerprint density at radius 2 is 2.12 bits per heavy atom. The van der Waals surface area contributed by atoms with Gasteiger partial charge in [-0.25, -0.2) is 8.78 Å². The van der Waals surface area contributed by atoms with Crippen LogP contribution in [0, 0.1) is 11.6 Å². The Labute approximate surface area is 144 Å². The first-order valence-electron chi connectivity index (χ1n) is 7.74. The van der Waals surface area contributed by atoms with E-state index in [0.29, 0.717) is 23.7 Å². The first-order chi connectivity index (χ1) is 11.5. The number of hydrogen-bond acceptors (Lipinski definition) is 4. The highest BCUT2D eigenvalue weighted by molar-refractivity contribution is 6.30. The van der Waals surface area contributed by atoms with E-state index in [1.807, 2.05) is 11.8 Å². The summed E-state index contributed by atoms with van der Waals surface area (Å²) in [6.45, 7) is 4.14. The van der Waals surface area contributed by atoms with Gasteiger partial charge in [-0.05, 0) is 25.1 Å². The number of aromatic nitrogens is 1. The number of nitrogens with zero attached hydrogens (tertiary/aromatic N) is 2. The highest BCUT2D eigenvalue weighted by Crippen LogP contribution is 2.23. The fourth-order valence-corrected chi connectivity index (χ4v) is 2.79. The number of pyridine rings is 1. The summed E-state index contributed by atoms with van der Waals surface area (Å²) in [5.74, 6) is -0.320. The lowest BCUT2D eigenvalue weighted by Crippen LogP contribution is -2.49. The van der Waals surface area contributed by atoms with Gasteiger partial charge < -0.3 is 15.0 Å². The number of ether oxygens (including phenoxy) is 1. The van der Waals surface area contributed by atoms with Crippen molar-refractivity contribution >= 4 is 17.4 Å². The van der Waals surface area contributed by atoms with Crippen LogP contribution >= 0.6 is 11.6 Å². The van der Waals surface area contributed by atoms with Crippen LogP contribution in [-0.4, -0.2) is 30.7 Å². The van der Waals surface area contributed by atoms with Crippen molar-refractivity contribution in [2.24, 2.45) is 0 Å². The number of nitrogens with one attached hydrogen (secondary N) is 1. The van der Waals surface area contributed by atoms with Crippen LogP contribution in [0.15, 0.2) is 30.3 Å². The van der Waals surface area contributed by atoms with Crippen LogP contribution in [0.5, 0.6) is 5.88 Å². The number of hydrogen-bond donors (Lipinski definition) is 1. The van der Waals surface area contributed by atoms with E-state index in [-0.39, 0.29) is 24.3 Å². The fourth-order valence-electron chi connectivity index (χ4n) is 2.63. The molecule has 0 bridgehead atoms. The molecule has 1 unspecified atom stereocenters. The zero-order chi connectivity index (χ0) is 17.1. The second-order valence-corrected chi connectivity index (χ2v) is 6.22. The Morgan fingerprint density at radius 3 is 2.88 bits per heavy atom. The molecule has 1 aliphatic heterocycles. The SMILES string of the molecule is CC1CN(c2nc(OCc3ccc(Cl)cc3F)ccc2F)CCN1. The van der Waals surface area contributed by atoms with Crippen molar-refractivity contribution in [3.05, 3.63) is 52.6 Å². The number of anilines is 1. The van der Waals surface area contributed by atoms with E-state index < -0.39 is 11.6 Å². The third kappa shape index (κ3) is 3.94. The molecule has 2 aromatic rings. The highest BCUT2D eigenvalue weighted by atomic mass is 35.5. The Hall–Kier alpha value is -1.92. The molecular formula is C17H18ClF2N3O. The molecule has 24 heavy (non-hydrogen) atoms. The number of benzene rings is 1. The Balaban J connectivity index is 1.73. The monoisotopic (exact) mass is 353 g/mol. The molecule has 1 aromatic heterocycles.